The number of nitrogens with zero attached hydrogens (tertiary/aromatic N) is 1. The Kier molecular flexibility index (Phi) is 6.32. The molecule has 0 saturated heterocycles. The van der Waals surface area contributed by atoms with Crippen LogP contribution in [0.15, 0.2) is 66.7 Å². The number of para-hydroxylation sites is 1. The predicted molar refractivity (Wildman–Crippen MR) is 107 cm³/mol. The second kappa shape index (κ2) is 9.27. The molecule has 0 aliphatic heterocycles. The quantitative estimate of drug-likeness (QED) is 0.514. The van der Waals surface area contributed by atoms with Gasteiger partial charge in [0.2, 0.25) is 0 Å². The van der Waals surface area contributed by atoms with Gasteiger partial charge in [-0.2, -0.15) is 0 Å². The summed E-state index contributed by atoms with van der Waals surface area (Å²) >= 11 is 0. The highest BCUT2D eigenvalue weighted by atomic mass is 16.5. The van der Waals surface area contributed by atoms with Gasteiger partial charge in [-0.25, -0.2) is 9.78 Å². The molecule has 1 N–H and O–H groups in total. The molecule has 2 aromatic carbocycles. The number of methoxy groups -OCH3 is 1. The molecule has 7 heteroatoms. The highest BCUT2D eigenvalue weighted by Crippen LogP contribution is 2.13. The van der Waals surface area contributed by atoms with Crippen LogP contribution in [0.4, 0.5) is 0 Å². The Morgan fingerprint density at radius 3 is 2.52 bits per heavy atom. The number of nitrogens with one attached hydrogen (secondary N) is 1. The number of rotatable bonds is 6. The maximum absolute atomic E-state index is 12.0. The lowest BCUT2D eigenvalue weighted by atomic mass is 10.2. The second-order valence-corrected chi connectivity index (χ2v) is 5.98. The van der Waals surface area contributed by atoms with Gasteiger partial charge >= 0.3 is 5.97 Å². The Labute approximate surface area is 167 Å². The van der Waals surface area contributed by atoms with E-state index in [1.807, 2.05) is 30.3 Å². The fourth-order valence-electron chi connectivity index (χ4n) is 2.49. The molecular formula is C22H18N2O5. The summed E-state index contributed by atoms with van der Waals surface area (Å²) < 4.78 is 9.85. The van der Waals surface area contributed by atoms with E-state index >= 15 is 0 Å². The number of pyridine rings is 1. The fourth-order valence-corrected chi connectivity index (χ4v) is 2.49. The van der Waals surface area contributed by atoms with Crippen molar-refractivity contribution in [3.63, 3.8) is 0 Å². The summed E-state index contributed by atoms with van der Waals surface area (Å²) in [6, 6.07) is 17.5. The smallest absolute Gasteiger partial charge is 0.331 e. The number of amides is 2. The third-order valence-electron chi connectivity index (χ3n) is 3.96. The van der Waals surface area contributed by atoms with E-state index < -0.39 is 24.4 Å². The standard InChI is InChI=1S/C22H18N2O5/c1-28-18-11-7-16(8-12-18)22(27)24-20(25)14-29-21(26)13-10-17-9-6-15-4-2-3-5-19(15)23-17/h2-13H,14H2,1H3,(H,24,25,27)/b13-10+. The van der Waals surface area contributed by atoms with E-state index in [1.54, 1.807) is 18.2 Å². The number of hydrogen-bond donors (Lipinski definition) is 1. The average Bonchev–Trinajstić information content (AvgIpc) is 2.76. The van der Waals surface area contributed by atoms with Crippen molar-refractivity contribution in [1.82, 2.24) is 10.3 Å². The third kappa shape index (κ3) is 5.49. The number of aromatic nitrogens is 1. The fraction of sp³-hybridized carbons (Fsp3) is 0.0909. The number of imide groups is 1. The summed E-state index contributed by atoms with van der Waals surface area (Å²) in [5, 5.41) is 3.14. The maximum Gasteiger partial charge on any atom is 0.331 e. The van der Waals surface area contributed by atoms with Crippen LogP contribution in [0.5, 0.6) is 5.75 Å². The topological polar surface area (TPSA) is 94.6 Å². The van der Waals surface area contributed by atoms with E-state index in [-0.39, 0.29) is 5.56 Å². The number of hydrogen-bond acceptors (Lipinski definition) is 6. The summed E-state index contributed by atoms with van der Waals surface area (Å²) in [4.78, 5) is 40.0. The molecule has 0 bridgehead atoms. The Hall–Kier alpha value is -4.00. The van der Waals surface area contributed by atoms with Gasteiger partial charge in [0.1, 0.15) is 5.75 Å². The number of carbonyl (C=O) groups is 3. The monoisotopic (exact) mass is 390 g/mol. The van der Waals surface area contributed by atoms with Gasteiger partial charge in [-0.1, -0.05) is 24.3 Å². The number of carbonyl (C=O) groups excluding carboxylic acids is 3. The van der Waals surface area contributed by atoms with Gasteiger partial charge in [-0.15, -0.1) is 0 Å². The summed E-state index contributed by atoms with van der Waals surface area (Å²) in [5.74, 6) is -1.44. The Morgan fingerprint density at radius 1 is 1.00 bits per heavy atom. The van der Waals surface area contributed by atoms with E-state index in [0.29, 0.717) is 11.4 Å². The minimum absolute atomic E-state index is 0.285. The zero-order valence-corrected chi connectivity index (χ0v) is 15.6. The van der Waals surface area contributed by atoms with Crippen molar-refractivity contribution in [3.05, 3.63) is 78.0 Å². The molecule has 2 amide bonds. The molecule has 0 saturated carbocycles. The molecule has 7 nitrogen and oxygen atoms in total. The van der Waals surface area contributed by atoms with Crippen molar-refractivity contribution in [2.24, 2.45) is 0 Å². The van der Waals surface area contributed by atoms with Crippen LogP contribution in [0.1, 0.15) is 16.1 Å². The van der Waals surface area contributed by atoms with Crippen molar-refractivity contribution in [1.29, 1.82) is 0 Å². The largest absolute Gasteiger partial charge is 0.497 e. The van der Waals surface area contributed by atoms with E-state index in [9.17, 15) is 14.4 Å². The molecule has 0 radical (unpaired) electrons. The molecule has 3 aromatic rings. The average molecular weight is 390 g/mol. The Balaban J connectivity index is 1.49. The molecule has 3 rings (SSSR count). The molecule has 0 unspecified atom stereocenters. The normalized spacial score (nSPS) is 10.7. The molecule has 1 heterocycles. The van der Waals surface area contributed by atoms with Crippen LogP contribution < -0.4 is 10.1 Å². The molecular weight excluding hydrogens is 372 g/mol. The number of benzene rings is 2. The van der Waals surface area contributed by atoms with Gasteiger partial charge in [-0.3, -0.25) is 14.9 Å². The van der Waals surface area contributed by atoms with Crippen LogP contribution in [0.3, 0.4) is 0 Å². The number of fused-ring (bicyclic) bond motifs is 1. The van der Waals surface area contributed by atoms with E-state index in [1.165, 1.54) is 31.4 Å². The molecule has 0 spiro atoms. The van der Waals surface area contributed by atoms with Gasteiger partial charge in [0.15, 0.2) is 6.61 Å². The molecule has 0 fully saturated rings. The molecule has 0 aliphatic rings. The van der Waals surface area contributed by atoms with E-state index in [2.05, 4.69) is 10.3 Å². The first kappa shape index (κ1) is 19.8. The Bertz CT molecular complexity index is 1070. The van der Waals surface area contributed by atoms with E-state index in [4.69, 9.17) is 9.47 Å². The van der Waals surface area contributed by atoms with Gasteiger partial charge in [0, 0.05) is 17.0 Å². The van der Waals surface area contributed by atoms with Gasteiger partial charge in [-0.05, 0) is 42.5 Å². The van der Waals surface area contributed by atoms with Gasteiger partial charge in [0.25, 0.3) is 11.8 Å². The zero-order chi connectivity index (χ0) is 20.6. The van der Waals surface area contributed by atoms with Crippen molar-refractivity contribution < 1.29 is 23.9 Å². The summed E-state index contributed by atoms with van der Waals surface area (Å²) in [7, 11) is 1.51. The number of esters is 1. The minimum atomic E-state index is -0.726. The van der Waals surface area contributed by atoms with Gasteiger partial charge < -0.3 is 9.47 Å². The van der Waals surface area contributed by atoms with Crippen molar-refractivity contribution >= 4 is 34.8 Å². The van der Waals surface area contributed by atoms with Crippen molar-refractivity contribution in [3.8, 4) is 5.75 Å². The van der Waals surface area contributed by atoms with Crippen LogP contribution >= 0.6 is 0 Å². The van der Waals surface area contributed by atoms with E-state index in [0.717, 1.165) is 10.9 Å². The molecule has 0 aliphatic carbocycles. The van der Waals surface area contributed by atoms with Crippen LogP contribution in [-0.2, 0) is 14.3 Å². The zero-order valence-electron chi connectivity index (χ0n) is 15.6. The summed E-state index contributed by atoms with van der Waals surface area (Å²) in [6.45, 7) is -0.573. The predicted octanol–water partition coefficient (Wildman–Crippen LogP) is 2.76. The minimum Gasteiger partial charge on any atom is -0.497 e. The Morgan fingerprint density at radius 2 is 1.76 bits per heavy atom. The van der Waals surface area contributed by atoms with Crippen LogP contribution in [0.25, 0.3) is 17.0 Å². The SMILES string of the molecule is COc1ccc(C(=O)NC(=O)COC(=O)/C=C/c2ccc3ccccc3n2)cc1. The molecule has 146 valence electrons. The number of ether oxygens (including phenoxy) is 2. The lowest BCUT2D eigenvalue weighted by Crippen LogP contribution is -2.34. The third-order valence-corrected chi connectivity index (χ3v) is 3.96. The van der Waals surface area contributed by atoms with Crippen LogP contribution in [0, 0.1) is 0 Å². The van der Waals surface area contributed by atoms with Crippen LogP contribution in [-0.4, -0.2) is 36.5 Å². The summed E-state index contributed by atoms with van der Waals surface area (Å²) in [6.07, 6.45) is 2.67. The first-order valence-electron chi connectivity index (χ1n) is 8.74. The van der Waals surface area contributed by atoms with Crippen LogP contribution in [0.2, 0.25) is 0 Å². The summed E-state index contributed by atoms with van der Waals surface area (Å²) in [5.41, 5.74) is 1.67. The first-order valence-corrected chi connectivity index (χ1v) is 8.74. The van der Waals surface area contributed by atoms with Crippen molar-refractivity contribution in [2.45, 2.75) is 0 Å². The van der Waals surface area contributed by atoms with Crippen molar-refractivity contribution in [2.75, 3.05) is 13.7 Å². The first-order chi connectivity index (χ1) is 14.0. The molecule has 1 aromatic heterocycles. The maximum atomic E-state index is 12.0. The second-order valence-electron chi connectivity index (χ2n) is 5.98. The van der Waals surface area contributed by atoms with Gasteiger partial charge in [0.05, 0.1) is 18.3 Å². The lowest BCUT2D eigenvalue weighted by Gasteiger charge is -2.05. The molecule has 29 heavy (non-hydrogen) atoms. The highest BCUT2D eigenvalue weighted by molar-refractivity contribution is 6.05. The molecule has 0 atom stereocenters. The highest BCUT2D eigenvalue weighted by Gasteiger charge is 2.12. The lowest BCUT2D eigenvalue weighted by molar-refractivity contribution is -0.143.